The molecule has 0 aliphatic heterocycles. The van der Waals surface area contributed by atoms with E-state index >= 15 is 0 Å². The average molecular weight is 541 g/mol. The third-order valence-corrected chi connectivity index (χ3v) is 7.86. The number of carbonyl (C=O) groups excluding carboxylic acids is 2. The van der Waals surface area contributed by atoms with Crippen LogP contribution in [0.2, 0.25) is 39.3 Å². The van der Waals surface area contributed by atoms with Gasteiger partial charge in [-0.25, -0.2) is 0 Å². The minimum absolute atomic E-state index is 0.00822. The molecule has 3 aromatic rings. The minimum atomic E-state index is -2.04. The highest BCUT2D eigenvalue weighted by atomic mass is 28.4. The molecule has 1 aromatic heterocycles. The molecule has 0 amide bonds. The van der Waals surface area contributed by atoms with E-state index in [1.54, 1.807) is 39.8 Å². The van der Waals surface area contributed by atoms with E-state index in [9.17, 15) is 19.2 Å². The molecule has 0 saturated heterocycles. The number of hydrogen-bond acceptors (Lipinski definition) is 7. The summed E-state index contributed by atoms with van der Waals surface area (Å²) in [6.07, 6.45) is 0. The van der Waals surface area contributed by atoms with E-state index < -0.39 is 38.7 Å². The molecule has 9 heteroatoms. The van der Waals surface area contributed by atoms with Crippen LogP contribution < -0.4 is 10.9 Å². The first kappa shape index (κ1) is 28.8. The van der Waals surface area contributed by atoms with E-state index in [-0.39, 0.29) is 44.6 Å². The van der Waals surface area contributed by atoms with Gasteiger partial charge in [0.25, 0.3) is 0 Å². The Labute approximate surface area is 219 Å². The van der Waals surface area contributed by atoms with Gasteiger partial charge in [-0.1, -0.05) is 0 Å². The summed E-state index contributed by atoms with van der Waals surface area (Å²) in [5.74, 6) is -0.588. The molecule has 0 spiro atoms. The zero-order valence-electron chi connectivity index (χ0n) is 23.3. The van der Waals surface area contributed by atoms with Crippen molar-refractivity contribution in [1.82, 2.24) is 0 Å². The SMILES string of the molecule is CC(C)(O[Si](C)(C)C)C(=O)c1ccc2oc3ccc(C(=O)C(C)(C)O[Si](C)(C)C)cc3c(=O)c(=O)c2c1. The van der Waals surface area contributed by atoms with Crippen molar-refractivity contribution in [3.05, 3.63) is 68.0 Å². The molecule has 0 fully saturated rings. The third kappa shape index (κ3) is 6.41. The van der Waals surface area contributed by atoms with E-state index in [0.717, 1.165) is 0 Å². The summed E-state index contributed by atoms with van der Waals surface area (Å²) in [5, 5.41) is -0.0164. The average Bonchev–Trinajstić information content (AvgIpc) is 2.83. The van der Waals surface area contributed by atoms with Gasteiger partial charge in [0.15, 0.2) is 28.2 Å². The number of rotatable bonds is 8. The summed E-state index contributed by atoms with van der Waals surface area (Å²) in [5.41, 5.74) is -2.99. The summed E-state index contributed by atoms with van der Waals surface area (Å²) in [4.78, 5) is 53.0. The van der Waals surface area contributed by atoms with Gasteiger partial charge in [0.1, 0.15) is 22.4 Å². The first-order valence-corrected chi connectivity index (χ1v) is 19.1. The van der Waals surface area contributed by atoms with Crippen molar-refractivity contribution in [2.45, 2.75) is 78.2 Å². The Morgan fingerprint density at radius 3 is 1.27 bits per heavy atom. The number of benzene rings is 2. The van der Waals surface area contributed by atoms with Crippen LogP contribution in [0.25, 0.3) is 21.9 Å². The van der Waals surface area contributed by atoms with Gasteiger partial charge >= 0.3 is 0 Å². The van der Waals surface area contributed by atoms with Gasteiger partial charge in [-0.15, -0.1) is 0 Å². The fourth-order valence-corrected chi connectivity index (χ4v) is 7.80. The van der Waals surface area contributed by atoms with Gasteiger partial charge in [-0.05, 0) is 103 Å². The molecular formula is C28H36O7Si2. The largest absolute Gasteiger partial charge is 0.456 e. The van der Waals surface area contributed by atoms with Crippen LogP contribution in [0.15, 0.2) is 50.4 Å². The Morgan fingerprint density at radius 2 is 0.973 bits per heavy atom. The van der Waals surface area contributed by atoms with Crippen LogP contribution in [0.1, 0.15) is 48.4 Å². The lowest BCUT2D eigenvalue weighted by Crippen LogP contribution is -2.44. The van der Waals surface area contributed by atoms with Crippen LogP contribution in [-0.2, 0) is 8.85 Å². The highest BCUT2D eigenvalue weighted by molar-refractivity contribution is 6.70. The summed E-state index contributed by atoms with van der Waals surface area (Å²) in [6.45, 7) is 18.7. The summed E-state index contributed by atoms with van der Waals surface area (Å²) in [7, 11) is -4.07. The van der Waals surface area contributed by atoms with Crippen molar-refractivity contribution in [3.8, 4) is 0 Å². The maximum absolute atomic E-state index is 13.2. The monoisotopic (exact) mass is 540 g/mol. The lowest BCUT2D eigenvalue weighted by Gasteiger charge is -2.31. The lowest BCUT2D eigenvalue weighted by atomic mass is 9.95. The fraction of sp³-hybridized carbons (Fsp3) is 0.429. The Bertz CT molecular complexity index is 1410. The lowest BCUT2D eigenvalue weighted by molar-refractivity contribution is 0.0557. The first-order chi connectivity index (χ1) is 16.7. The molecule has 0 aliphatic carbocycles. The van der Waals surface area contributed by atoms with Gasteiger partial charge in [0, 0.05) is 11.1 Å². The Kier molecular flexibility index (Phi) is 7.44. The summed E-state index contributed by atoms with van der Waals surface area (Å²) < 4.78 is 18.1. The topological polar surface area (TPSA) is 99.9 Å². The molecular weight excluding hydrogens is 504 g/mol. The quantitative estimate of drug-likeness (QED) is 0.198. The third-order valence-electron chi connectivity index (χ3n) is 5.62. The van der Waals surface area contributed by atoms with Crippen LogP contribution in [0.4, 0.5) is 0 Å². The number of fused-ring (bicyclic) bond motifs is 2. The van der Waals surface area contributed by atoms with Gasteiger partial charge in [0.2, 0.25) is 10.9 Å². The van der Waals surface area contributed by atoms with Crippen molar-refractivity contribution in [1.29, 1.82) is 0 Å². The maximum atomic E-state index is 13.2. The second-order valence-corrected chi connectivity index (χ2v) is 21.1. The molecule has 2 aromatic carbocycles. The predicted molar refractivity (Wildman–Crippen MR) is 152 cm³/mol. The molecule has 0 aliphatic rings. The number of Topliss-reactive ketones (excluding diaryl/α,β-unsaturated/α-hetero) is 2. The number of carbonyl (C=O) groups is 2. The van der Waals surface area contributed by atoms with E-state index in [4.69, 9.17) is 13.3 Å². The molecule has 0 radical (unpaired) electrons. The van der Waals surface area contributed by atoms with Crippen molar-refractivity contribution in [3.63, 3.8) is 0 Å². The van der Waals surface area contributed by atoms with E-state index in [1.165, 1.54) is 24.3 Å². The van der Waals surface area contributed by atoms with Crippen LogP contribution in [0, 0.1) is 0 Å². The normalized spacial score (nSPS) is 13.2. The minimum Gasteiger partial charge on any atom is -0.456 e. The Balaban J connectivity index is 2.17. The van der Waals surface area contributed by atoms with Crippen molar-refractivity contribution in [2.24, 2.45) is 0 Å². The predicted octanol–water partition coefficient (Wildman–Crippen LogP) is 5.93. The molecule has 0 unspecified atom stereocenters. The highest BCUT2D eigenvalue weighted by Crippen LogP contribution is 2.26. The van der Waals surface area contributed by atoms with Crippen LogP contribution in [0.3, 0.4) is 0 Å². The number of ketones is 2. The zero-order chi connectivity index (χ0) is 28.1. The molecule has 7 nitrogen and oxygen atoms in total. The highest BCUT2D eigenvalue weighted by Gasteiger charge is 2.36. The zero-order valence-corrected chi connectivity index (χ0v) is 25.3. The maximum Gasteiger partial charge on any atom is 0.237 e. The van der Waals surface area contributed by atoms with Gasteiger partial charge in [0.05, 0.1) is 10.8 Å². The first-order valence-electron chi connectivity index (χ1n) is 12.3. The fourth-order valence-electron chi connectivity index (χ4n) is 4.56. The number of hydrogen-bond donors (Lipinski definition) is 0. The van der Waals surface area contributed by atoms with Gasteiger partial charge in [-0.3, -0.25) is 19.2 Å². The van der Waals surface area contributed by atoms with Gasteiger partial charge in [-0.2, -0.15) is 0 Å². The molecule has 0 N–H and O–H groups in total. The Hall–Kier alpha value is -2.73. The standard InChI is InChI=1S/C28H36O7Si2/c1-27(2,34-36(5,6)7)25(31)17-11-13-21-19(15-17)23(29)24(30)20-16-18(12-14-22(20)33-21)26(32)28(3,4)35-37(8,9)10/h11-16H,1-10H3. The summed E-state index contributed by atoms with van der Waals surface area (Å²) in [6, 6.07) is 8.92. The van der Waals surface area contributed by atoms with Crippen molar-refractivity contribution in [2.75, 3.05) is 0 Å². The molecule has 0 saturated carbocycles. The van der Waals surface area contributed by atoms with Crippen LogP contribution in [-0.4, -0.2) is 39.4 Å². The molecule has 0 atom stereocenters. The van der Waals surface area contributed by atoms with Crippen LogP contribution >= 0.6 is 0 Å². The second-order valence-electron chi connectivity index (χ2n) is 12.3. The Morgan fingerprint density at radius 1 is 0.649 bits per heavy atom. The van der Waals surface area contributed by atoms with Crippen molar-refractivity contribution < 1.29 is 22.9 Å². The smallest absolute Gasteiger partial charge is 0.237 e. The van der Waals surface area contributed by atoms with Crippen LogP contribution in [0.5, 0.6) is 0 Å². The second kappa shape index (κ2) is 9.54. The molecule has 198 valence electrons. The van der Waals surface area contributed by atoms with E-state index in [0.29, 0.717) is 0 Å². The molecule has 37 heavy (non-hydrogen) atoms. The van der Waals surface area contributed by atoms with Gasteiger partial charge < -0.3 is 13.3 Å². The molecule has 0 bridgehead atoms. The van der Waals surface area contributed by atoms with Crippen molar-refractivity contribution >= 4 is 50.1 Å². The summed E-state index contributed by atoms with van der Waals surface area (Å²) >= 11 is 0. The van der Waals surface area contributed by atoms with E-state index in [1.807, 2.05) is 39.3 Å². The molecule has 1 heterocycles. The molecule has 3 rings (SSSR count). The van der Waals surface area contributed by atoms with E-state index in [2.05, 4.69) is 0 Å².